The number of ketones is 1. The highest BCUT2D eigenvalue weighted by molar-refractivity contribution is 5.98. The molecule has 2 aromatic rings. The number of benzene rings is 2. The molecule has 0 radical (unpaired) electrons. The number of nitrogens with zero attached hydrogens (tertiary/aromatic N) is 1. The van der Waals surface area contributed by atoms with Gasteiger partial charge in [0.05, 0.1) is 6.04 Å². The highest BCUT2D eigenvalue weighted by atomic mass is 16.2. The van der Waals surface area contributed by atoms with Crippen LogP contribution in [0.15, 0.2) is 54.6 Å². The normalized spacial score (nSPS) is 16.6. The van der Waals surface area contributed by atoms with Gasteiger partial charge in [0.2, 0.25) is 5.91 Å². The second kappa shape index (κ2) is 7.17. The van der Waals surface area contributed by atoms with E-state index >= 15 is 0 Å². The molecular weight excluding hydrogens is 318 g/mol. The molecule has 1 aliphatic rings. The number of amides is 3. The van der Waals surface area contributed by atoms with E-state index in [1.54, 1.807) is 29.2 Å². The van der Waals surface area contributed by atoms with Crippen LogP contribution in [0.5, 0.6) is 0 Å². The predicted octanol–water partition coefficient (Wildman–Crippen LogP) is 2.82. The molecule has 6 nitrogen and oxygen atoms in total. The Balaban J connectivity index is 1.56. The standard InChI is InChI=1S/C19H19N3O3/c1-13(23)14-7-9-15(10-8-14)20-19(25)21-16-11-18(24)22(12-16)17-5-3-2-4-6-17/h2-10,16H,11-12H2,1H3,(H2,20,21,25)/t16-/m1/s1. The third kappa shape index (κ3) is 4.03. The van der Waals surface area contributed by atoms with Crippen LogP contribution in [0.25, 0.3) is 0 Å². The number of Topliss-reactive ketones (excluding diaryl/α,β-unsaturated/α-hetero) is 1. The van der Waals surface area contributed by atoms with Crippen LogP contribution in [0.2, 0.25) is 0 Å². The highest BCUT2D eigenvalue weighted by Crippen LogP contribution is 2.21. The molecule has 1 saturated heterocycles. The quantitative estimate of drug-likeness (QED) is 0.842. The zero-order chi connectivity index (χ0) is 17.8. The smallest absolute Gasteiger partial charge is 0.319 e. The summed E-state index contributed by atoms with van der Waals surface area (Å²) in [5, 5.41) is 5.53. The fourth-order valence-corrected chi connectivity index (χ4v) is 2.80. The van der Waals surface area contributed by atoms with E-state index in [9.17, 15) is 14.4 Å². The number of rotatable bonds is 4. The van der Waals surface area contributed by atoms with E-state index in [1.807, 2.05) is 30.3 Å². The summed E-state index contributed by atoms with van der Waals surface area (Å²) >= 11 is 0. The van der Waals surface area contributed by atoms with E-state index < -0.39 is 0 Å². The summed E-state index contributed by atoms with van der Waals surface area (Å²) in [6.45, 7) is 1.93. The van der Waals surface area contributed by atoms with Gasteiger partial charge in [-0.1, -0.05) is 18.2 Å². The fraction of sp³-hybridized carbons (Fsp3) is 0.211. The second-order valence-corrected chi connectivity index (χ2v) is 5.97. The Kier molecular flexibility index (Phi) is 4.79. The zero-order valence-corrected chi connectivity index (χ0v) is 13.9. The molecule has 2 N–H and O–H groups in total. The van der Waals surface area contributed by atoms with Crippen molar-refractivity contribution >= 4 is 29.1 Å². The van der Waals surface area contributed by atoms with Crippen LogP contribution in [0.1, 0.15) is 23.7 Å². The first kappa shape index (κ1) is 16.7. The van der Waals surface area contributed by atoms with E-state index in [-0.39, 0.29) is 30.2 Å². The van der Waals surface area contributed by atoms with Crippen LogP contribution in [0.4, 0.5) is 16.2 Å². The summed E-state index contributed by atoms with van der Waals surface area (Å²) in [7, 11) is 0. The average molecular weight is 337 g/mol. The number of nitrogens with one attached hydrogen (secondary N) is 2. The van der Waals surface area contributed by atoms with Crippen molar-refractivity contribution in [3.05, 3.63) is 60.2 Å². The molecule has 6 heteroatoms. The maximum absolute atomic E-state index is 12.1. The highest BCUT2D eigenvalue weighted by Gasteiger charge is 2.31. The number of anilines is 2. The van der Waals surface area contributed by atoms with Gasteiger partial charge in [-0.15, -0.1) is 0 Å². The summed E-state index contributed by atoms with van der Waals surface area (Å²) in [6, 6.07) is 15.4. The predicted molar refractivity (Wildman–Crippen MR) is 95.8 cm³/mol. The molecule has 0 saturated carbocycles. The fourth-order valence-electron chi connectivity index (χ4n) is 2.80. The molecule has 0 aromatic heterocycles. The minimum absolute atomic E-state index is 0.0117. The molecule has 1 aliphatic heterocycles. The van der Waals surface area contributed by atoms with E-state index in [4.69, 9.17) is 0 Å². The van der Waals surface area contributed by atoms with Gasteiger partial charge in [0.25, 0.3) is 0 Å². The van der Waals surface area contributed by atoms with Crippen molar-refractivity contribution in [3.63, 3.8) is 0 Å². The molecule has 2 aromatic carbocycles. The molecule has 1 heterocycles. The lowest BCUT2D eigenvalue weighted by Crippen LogP contribution is -2.39. The first-order valence-electron chi connectivity index (χ1n) is 8.07. The van der Waals surface area contributed by atoms with Crippen molar-refractivity contribution in [1.82, 2.24) is 5.32 Å². The lowest BCUT2D eigenvalue weighted by molar-refractivity contribution is -0.117. The van der Waals surface area contributed by atoms with E-state index in [0.717, 1.165) is 5.69 Å². The zero-order valence-electron chi connectivity index (χ0n) is 13.9. The molecule has 0 aliphatic carbocycles. The molecule has 1 fully saturated rings. The van der Waals surface area contributed by atoms with E-state index in [0.29, 0.717) is 17.8 Å². The molecule has 25 heavy (non-hydrogen) atoms. The largest absolute Gasteiger partial charge is 0.333 e. The molecule has 1 atom stereocenters. The first-order valence-corrected chi connectivity index (χ1v) is 8.07. The van der Waals surface area contributed by atoms with Crippen LogP contribution in [-0.2, 0) is 4.79 Å². The van der Waals surface area contributed by atoms with Gasteiger partial charge in [-0.2, -0.15) is 0 Å². The number of para-hydroxylation sites is 1. The van der Waals surface area contributed by atoms with Crippen molar-refractivity contribution < 1.29 is 14.4 Å². The minimum atomic E-state index is -0.372. The van der Waals surface area contributed by atoms with Crippen molar-refractivity contribution in [2.45, 2.75) is 19.4 Å². The third-order valence-electron chi connectivity index (χ3n) is 4.08. The van der Waals surface area contributed by atoms with Crippen molar-refractivity contribution in [2.75, 3.05) is 16.8 Å². The summed E-state index contributed by atoms with van der Waals surface area (Å²) in [6.07, 6.45) is 0.269. The number of carbonyl (C=O) groups excluding carboxylic acids is 3. The Morgan fingerprint density at radius 2 is 1.72 bits per heavy atom. The Hall–Kier alpha value is -3.15. The van der Waals surface area contributed by atoms with Gasteiger partial charge >= 0.3 is 6.03 Å². The molecule has 3 amide bonds. The molecule has 3 rings (SSSR count). The lowest BCUT2D eigenvalue weighted by atomic mass is 10.1. The van der Waals surface area contributed by atoms with Gasteiger partial charge in [0.1, 0.15) is 0 Å². The Labute approximate surface area is 145 Å². The monoisotopic (exact) mass is 337 g/mol. The lowest BCUT2D eigenvalue weighted by Gasteiger charge is -2.17. The van der Waals surface area contributed by atoms with Gasteiger partial charge in [-0.25, -0.2) is 4.79 Å². The van der Waals surface area contributed by atoms with E-state index in [1.165, 1.54) is 6.92 Å². The summed E-state index contributed by atoms with van der Waals surface area (Å²) in [5.41, 5.74) is 2.01. The van der Waals surface area contributed by atoms with Gasteiger partial charge in [-0.3, -0.25) is 9.59 Å². The van der Waals surface area contributed by atoms with Crippen LogP contribution in [0.3, 0.4) is 0 Å². The minimum Gasteiger partial charge on any atom is -0.333 e. The molecular formula is C19H19N3O3. The number of hydrogen-bond donors (Lipinski definition) is 2. The topological polar surface area (TPSA) is 78.5 Å². The maximum Gasteiger partial charge on any atom is 0.319 e. The summed E-state index contributed by atoms with van der Waals surface area (Å²) in [5.74, 6) is -0.0382. The molecule has 0 bridgehead atoms. The first-order chi connectivity index (χ1) is 12.0. The van der Waals surface area contributed by atoms with Gasteiger partial charge in [-0.05, 0) is 43.3 Å². The summed E-state index contributed by atoms with van der Waals surface area (Å²) < 4.78 is 0. The van der Waals surface area contributed by atoms with Crippen LogP contribution < -0.4 is 15.5 Å². The molecule has 0 unspecified atom stereocenters. The third-order valence-corrected chi connectivity index (χ3v) is 4.08. The van der Waals surface area contributed by atoms with Crippen LogP contribution in [-0.4, -0.2) is 30.3 Å². The second-order valence-electron chi connectivity index (χ2n) is 5.97. The number of hydrogen-bond acceptors (Lipinski definition) is 3. The Morgan fingerprint density at radius 3 is 2.36 bits per heavy atom. The van der Waals surface area contributed by atoms with Gasteiger partial charge < -0.3 is 15.5 Å². The molecule has 128 valence electrons. The van der Waals surface area contributed by atoms with Gasteiger partial charge in [0.15, 0.2) is 5.78 Å². The Bertz CT molecular complexity index is 787. The van der Waals surface area contributed by atoms with Crippen molar-refractivity contribution in [2.24, 2.45) is 0 Å². The average Bonchev–Trinajstić information content (AvgIpc) is 2.96. The van der Waals surface area contributed by atoms with E-state index in [2.05, 4.69) is 10.6 Å². The SMILES string of the molecule is CC(=O)c1ccc(NC(=O)N[C@@H]2CC(=O)N(c3ccccc3)C2)cc1. The molecule has 0 spiro atoms. The number of carbonyl (C=O) groups is 3. The van der Waals surface area contributed by atoms with Crippen molar-refractivity contribution in [3.8, 4) is 0 Å². The van der Waals surface area contributed by atoms with Crippen LogP contribution in [0, 0.1) is 0 Å². The number of urea groups is 1. The van der Waals surface area contributed by atoms with Crippen molar-refractivity contribution in [1.29, 1.82) is 0 Å². The van der Waals surface area contributed by atoms with Gasteiger partial charge in [0, 0.05) is 29.9 Å². The maximum atomic E-state index is 12.1. The Morgan fingerprint density at radius 1 is 1.04 bits per heavy atom. The van der Waals surface area contributed by atoms with Crippen LogP contribution >= 0.6 is 0 Å². The summed E-state index contributed by atoms with van der Waals surface area (Å²) in [4.78, 5) is 37.2.